The van der Waals surface area contributed by atoms with Crippen LogP contribution in [0, 0.1) is 5.92 Å². The van der Waals surface area contributed by atoms with Crippen molar-refractivity contribution in [2.75, 3.05) is 19.6 Å². The highest BCUT2D eigenvalue weighted by Crippen LogP contribution is 2.23. The number of benzene rings is 1. The van der Waals surface area contributed by atoms with Crippen LogP contribution < -0.4 is 4.74 Å². The molecule has 1 aliphatic rings. The van der Waals surface area contributed by atoms with Gasteiger partial charge in [-0.1, -0.05) is 44.9 Å². The van der Waals surface area contributed by atoms with Crippen molar-refractivity contribution in [2.24, 2.45) is 5.92 Å². The first-order valence-electron chi connectivity index (χ1n) is 8.44. The summed E-state index contributed by atoms with van der Waals surface area (Å²) in [4.78, 5) is 4.22. The van der Waals surface area contributed by atoms with Crippen molar-refractivity contribution in [3.8, 4) is 16.3 Å². The molecule has 4 heteroatoms. The number of aromatic nitrogens is 1. The van der Waals surface area contributed by atoms with Gasteiger partial charge < -0.3 is 4.74 Å². The van der Waals surface area contributed by atoms with E-state index in [1.807, 2.05) is 35.8 Å². The maximum absolute atomic E-state index is 5.07. The molecule has 24 heavy (non-hydrogen) atoms. The van der Waals surface area contributed by atoms with Gasteiger partial charge in [-0.3, -0.25) is 0 Å². The van der Waals surface area contributed by atoms with E-state index in [0.717, 1.165) is 22.2 Å². The van der Waals surface area contributed by atoms with Crippen LogP contribution in [0.5, 0.6) is 5.75 Å². The van der Waals surface area contributed by atoms with Gasteiger partial charge in [-0.05, 0) is 42.7 Å². The Kier molecular flexibility index (Phi) is 10.7. The number of hydrogen-bond donors (Lipinski definition) is 0. The largest absolute Gasteiger partial charge is 0.497 e. The zero-order chi connectivity index (χ0) is 17.8. The van der Waals surface area contributed by atoms with Crippen molar-refractivity contribution in [3.05, 3.63) is 35.8 Å². The maximum Gasteiger partial charge on any atom is 0.123 e. The van der Waals surface area contributed by atoms with Crippen LogP contribution >= 0.6 is 21.8 Å². The second-order valence-electron chi connectivity index (χ2n) is 6.29. The van der Waals surface area contributed by atoms with Gasteiger partial charge in [-0.2, -0.15) is 10.5 Å². The molecule has 0 unspecified atom stereocenters. The number of ether oxygens (including phenoxy) is 1. The minimum absolute atomic E-state index is 0.389. The molecule has 1 heterocycles. The lowest BCUT2D eigenvalue weighted by Gasteiger charge is -2.15. The third-order valence-corrected chi connectivity index (χ3v) is 4.49. The molecular formula is C20H31NOS2. The summed E-state index contributed by atoms with van der Waals surface area (Å²) in [7, 11) is 2.05. The lowest BCUT2D eigenvalue weighted by Crippen LogP contribution is -1.99. The van der Waals surface area contributed by atoms with Crippen LogP contribution in [0.1, 0.15) is 39.0 Å². The minimum atomic E-state index is 0.389. The summed E-state index contributed by atoms with van der Waals surface area (Å²) < 4.78 is 5.07. The van der Waals surface area contributed by atoms with Gasteiger partial charge in [0.15, 0.2) is 0 Å². The number of nitrogens with zero attached hydrogens (tertiary/aromatic N) is 1. The van der Waals surface area contributed by atoms with E-state index < -0.39 is 0 Å². The van der Waals surface area contributed by atoms with Crippen LogP contribution in [0.4, 0.5) is 0 Å². The molecule has 1 saturated carbocycles. The molecule has 0 spiro atoms. The predicted molar refractivity (Wildman–Crippen MR) is 113 cm³/mol. The monoisotopic (exact) mass is 365 g/mol. The molecule has 0 saturated heterocycles. The fraction of sp³-hybridized carbons (Fsp3) is 0.500. The van der Waals surface area contributed by atoms with Gasteiger partial charge in [0.2, 0.25) is 0 Å². The average molecular weight is 366 g/mol. The van der Waals surface area contributed by atoms with Crippen molar-refractivity contribution < 1.29 is 4.74 Å². The molecule has 1 aromatic heterocycles. The van der Waals surface area contributed by atoms with Gasteiger partial charge in [0.05, 0.1) is 7.11 Å². The van der Waals surface area contributed by atoms with Crippen LogP contribution in [0.15, 0.2) is 35.8 Å². The minimum Gasteiger partial charge on any atom is -0.497 e. The molecule has 0 N–H and O–H groups in total. The van der Waals surface area contributed by atoms with Crippen molar-refractivity contribution in [1.82, 2.24) is 4.98 Å². The highest BCUT2D eigenvalue weighted by Gasteiger charge is 2.06. The van der Waals surface area contributed by atoms with Crippen molar-refractivity contribution in [1.29, 1.82) is 0 Å². The van der Waals surface area contributed by atoms with Crippen LogP contribution in [0.25, 0.3) is 10.6 Å². The van der Waals surface area contributed by atoms with Gasteiger partial charge >= 0.3 is 0 Å². The SMILES string of the molecule is C=S(C)C.CC1CCCCC1.COc1ccc(-c2nccs2)cc1. The molecule has 0 amide bonds. The summed E-state index contributed by atoms with van der Waals surface area (Å²) in [5.41, 5.74) is 1.14. The van der Waals surface area contributed by atoms with E-state index in [9.17, 15) is 0 Å². The van der Waals surface area contributed by atoms with Crippen LogP contribution in [-0.2, 0) is 0 Å². The first-order chi connectivity index (χ1) is 11.5. The predicted octanol–water partition coefficient (Wildman–Crippen LogP) is 6.35. The molecule has 1 aliphatic carbocycles. The zero-order valence-electron chi connectivity index (χ0n) is 15.5. The van der Waals surface area contributed by atoms with Crippen molar-refractivity contribution in [2.45, 2.75) is 39.0 Å². The Balaban J connectivity index is 0.000000220. The molecule has 0 radical (unpaired) electrons. The molecule has 134 valence electrons. The van der Waals surface area contributed by atoms with Crippen LogP contribution in [0.2, 0.25) is 0 Å². The van der Waals surface area contributed by atoms with E-state index in [1.54, 1.807) is 18.4 Å². The maximum atomic E-state index is 5.07. The third-order valence-electron chi connectivity index (χ3n) is 3.66. The lowest BCUT2D eigenvalue weighted by molar-refractivity contribution is 0.385. The Morgan fingerprint density at radius 2 is 1.71 bits per heavy atom. The average Bonchev–Trinajstić information content (AvgIpc) is 3.10. The third kappa shape index (κ3) is 9.24. The highest BCUT2D eigenvalue weighted by atomic mass is 32.2. The Labute approximate surface area is 154 Å². The fourth-order valence-corrected chi connectivity index (χ4v) is 3.05. The van der Waals surface area contributed by atoms with Gasteiger partial charge in [0, 0.05) is 17.1 Å². The molecule has 2 nitrogen and oxygen atoms in total. The molecule has 1 aromatic carbocycles. The summed E-state index contributed by atoms with van der Waals surface area (Å²) >= 11 is 1.64. The number of rotatable bonds is 2. The number of thiazole rings is 1. The summed E-state index contributed by atoms with van der Waals surface area (Å²) in [5, 5.41) is 3.02. The molecule has 3 rings (SSSR count). The topological polar surface area (TPSA) is 22.1 Å². The van der Waals surface area contributed by atoms with Crippen molar-refractivity contribution >= 4 is 27.7 Å². The second-order valence-corrected chi connectivity index (χ2v) is 9.16. The number of methoxy groups -OCH3 is 1. The Hall–Kier alpha value is -1.13. The summed E-state index contributed by atoms with van der Waals surface area (Å²) in [5.74, 6) is 5.58. The van der Waals surface area contributed by atoms with E-state index in [0.29, 0.717) is 10.5 Å². The quantitative estimate of drug-likeness (QED) is 0.578. The Morgan fingerprint density at radius 3 is 2.08 bits per heavy atom. The smallest absolute Gasteiger partial charge is 0.123 e. The fourth-order valence-electron chi connectivity index (χ4n) is 2.41. The second kappa shape index (κ2) is 12.3. The molecule has 0 aliphatic heterocycles. The van der Waals surface area contributed by atoms with E-state index in [2.05, 4.69) is 30.3 Å². The summed E-state index contributed by atoms with van der Waals surface area (Å²) in [6.45, 7) is 2.36. The summed E-state index contributed by atoms with van der Waals surface area (Å²) in [6.07, 6.45) is 13.4. The van der Waals surface area contributed by atoms with Gasteiger partial charge in [0.1, 0.15) is 10.8 Å². The molecule has 2 aromatic rings. The Morgan fingerprint density at radius 1 is 1.12 bits per heavy atom. The van der Waals surface area contributed by atoms with E-state index in [1.165, 1.54) is 32.1 Å². The van der Waals surface area contributed by atoms with Gasteiger partial charge in [-0.15, -0.1) is 11.3 Å². The number of hydrogen-bond acceptors (Lipinski definition) is 3. The normalized spacial score (nSPS) is 14.2. The van der Waals surface area contributed by atoms with Crippen LogP contribution in [0.3, 0.4) is 0 Å². The zero-order valence-corrected chi connectivity index (χ0v) is 17.1. The molecule has 1 fully saturated rings. The van der Waals surface area contributed by atoms with Crippen molar-refractivity contribution in [3.63, 3.8) is 0 Å². The van der Waals surface area contributed by atoms with E-state index in [4.69, 9.17) is 4.74 Å². The van der Waals surface area contributed by atoms with Crippen LogP contribution in [-0.4, -0.2) is 30.5 Å². The van der Waals surface area contributed by atoms with E-state index in [-0.39, 0.29) is 0 Å². The van der Waals surface area contributed by atoms with Gasteiger partial charge in [-0.25, -0.2) is 4.98 Å². The first-order valence-corrected chi connectivity index (χ1v) is 11.5. The standard InChI is InChI=1S/C10H9NOS.C7H14.C3H8S/c1-12-9-4-2-8(3-5-9)10-11-6-7-13-10;1-7-5-3-2-4-6-7;1-4(2)3/h2-7H,1H3;7H,2-6H2,1H3;1H2,2-3H3. The first kappa shape index (κ1) is 20.9. The Bertz CT molecular complexity index is 554. The molecule has 0 bridgehead atoms. The van der Waals surface area contributed by atoms with E-state index >= 15 is 0 Å². The molecule has 0 atom stereocenters. The summed E-state index contributed by atoms with van der Waals surface area (Å²) in [6, 6.07) is 7.91. The van der Waals surface area contributed by atoms with Gasteiger partial charge in [0.25, 0.3) is 0 Å². The highest BCUT2D eigenvalue weighted by molar-refractivity contribution is 8.12. The molecular weight excluding hydrogens is 334 g/mol. The lowest BCUT2D eigenvalue weighted by atomic mass is 9.91.